The van der Waals surface area contributed by atoms with Crippen LogP contribution in [0.2, 0.25) is 0 Å². The van der Waals surface area contributed by atoms with E-state index in [9.17, 15) is 14.7 Å². The van der Waals surface area contributed by atoms with Crippen molar-refractivity contribution in [2.45, 2.75) is 45.6 Å². The van der Waals surface area contributed by atoms with E-state index in [1.165, 1.54) is 0 Å². The van der Waals surface area contributed by atoms with E-state index in [2.05, 4.69) is 12.2 Å². The number of amides is 1. The molecule has 0 bridgehead atoms. The molecule has 1 aliphatic carbocycles. The van der Waals surface area contributed by atoms with Crippen LogP contribution in [-0.2, 0) is 14.3 Å². The maximum Gasteiger partial charge on any atom is 0.307 e. The van der Waals surface area contributed by atoms with Crippen LogP contribution in [0, 0.1) is 23.7 Å². The van der Waals surface area contributed by atoms with Crippen molar-refractivity contribution in [1.82, 2.24) is 5.32 Å². The van der Waals surface area contributed by atoms with Crippen LogP contribution in [0.15, 0.2) is 0 Å². The molecule has 5 heteroatoms. The van der Waals surface area contributed by atoms with Gasteiger partial charge in [0.25, 0.3) is 0 Å². The van der Waals surface area contributed by atoms with E-state index >= 15 is 0 Å². The third-order valence-corrected chi connectivity index (χ3v) is 4.93. The van der Waals surface area contributed by atoms with Crippen molar-refractivity contribution < 1.29 is 19.4 Å². The third kappa shape index (κ3) is 3.32. The Balaban J connectivity index is 1.94. The number of hydrogen-bond donors (Lipinski definition) is 2. The van der Waals surface area contributed by atoms with E-state index in [1.807, 2.05) is 6.92 Å². The number of aliphatic carboxylic acids is 1. The lowest BCUT2D eigenvalue weighted by molar-refractivity contribution is -0.146. The van der Waals surface area contributed by atoms with Crippen LogP contribution in [0.25, 0.3) is 0 Å². The minimum absolute atomic E-state index is 0.0557. The van der Waals surface area contributed by atoms with Crippen LogP contribution in [0.1, 0.15) is 39.5 Å². The second-order valence-corrected chi connectivity index (χ2v) is 6.22. The van der Waals surface area contributed by atoms with E-state index in [0.717, 1.165) is 19.4 Å². The molecular weight excluding hydrogens is 258 g/mol. The monoisotopic (exact) mass is 283 g/mol. The highest BCUT2D eigenvalue weighted by molar-refractivity contribution is 5.85. The summed E-state index contributed by atoms with van der Waals surface area (Å²) in [6.07, 6.45) is 3.24. The van der Waals surface area contributed by atoms with Gasteiger partial charge < -0.3 is 15.2 Å². The quantitative estimate of drug-likeness (QED) is 0.804. The van der Waals surface area contributed by atoms with E-state index in [0.29, 0.717) is 31.3 Å². The Morgan fingerprint density at radius 3 is 2.60 bits per heavy atom. The zero-order valence-electron chi connectivity index (χ0n) is 12.3. The fourth-order valence-electron chi connectivity index (χ4n) is 3.44. The molecule has 0 aromatic carbocycles. The first kappa shape index (κ1) is 15.3. The fraction of sp³-hybridized carbons (Fsp3) is 0.867. The van der Waals surface area contributed by atoms with Crippen LogP contribution in [0.5, 0.6) is 0 Å². The van der Waals surface area contributed by atoms with Crippen molar-refractivity contribution >= 4 is 11.9 Å². The van der Waals surface area contributed by atoms with Crippen molar-refractivity contribution in [3.63, 3.8) is 0 Å². The molecule has 2 N–H and O–H groups in total. The van der Waals surface area contributed by atoms with Crippen molar-refractivity contribution in [3.8, 4) is 0 Å². The molecule has 20 heavy (non-hydrogen) atoms. The SMILES string of the molecule is CCC1C[C@H](C(=O)NC(C)C2CCOC2)[C@H](C(=O)O)C1. The van der Waals surface area contributed by atoms with Gasteiger partial charge in [-0.3, -0.25) is 9.59 Å². The second kappa shape index (κ2) is 6.57. The van der Waals surface area contributed by atoms with Gasteiger partial charge in [0, 0.05) is 18.6 Å². The highest BCUT2D eigenvalue weighted by atomic mass is 16.5. The molecular formula is C15H25NO4. The molecule has 2 rings (SSSR count). The minimum Gasteiger partial charge on any atom is -0.481 e. The lowest BCUT2D eigenvalue weighted by Crippen LogP contribution is -2.43. The van der Waals surface area contributed by atoms with Crippen molar-refractivity contribution in [3.05, 3.63) is 0 Å². The second-order valence-electron chi connectivity index (χ2n) is 6.22. The van der Waals surface area contributed by atoms with Gasteiger partial charge in [0.15, 0.2) is 0 Å². The average Bonchev–Trinajstić information content (AvgIpc) is 3.07. The highest BCUT2D eigenvalue weighted by Gasteiger charge is 2.42. The first-order valence-corrected chi connectivity index (χ1v) is 7.63. The molecule has 5 atom stereocenters. The smallest absolute Gasteiger partial charge is 0.307 e. The van der Waals surface area contributed by atoms with Crippen LogP contribution >= 0.6 is 0 Å². The zero-order valence-corrected chi connectivity index (χ0v) is 12.3. The van der Waals surface area contributed by atoms with E-state index in [1.54, 1.807) is 0 Å². The number of ether oxygens (including phenoxy) is 1. The molecule has 1 heterocycles. The lowest BCUT2D eigenvalue weighted by Gasteiger charge is -2.23. The van der Waals surface area contributed by atoms with Gasteiger partial charge in [-0.15, -0.1) is 0 Å². The average molecular weight is 283 g/mol. The Hall–Kier alpha value is -1.10. The Morgan fingerprint density at radius 2 is 2.05 bits per heavy atom. The molecule has 1 aliphatic heterocycles. The topological polar surface area (TPSA) is 75.6 Å². The molecule has 2 aliphatic rings. The molecule has 1 saturated heterocycles. The van der Waals surface area contributed by atoms with Gasteiger partial charge in [-0.25, -0.2) is 0 Å². The van der Waals surface area contributed by atoms with E-state index in [4.69, 9.17) is 4.74 Å². The molecule has 1 saturated carbocycles. The zero-order chi connectivity index (χ0) is 14.7. The number of carboxylic acid groups (broad SMARTS) is 1. The Labute approximate surface area is 120 Å². The van der Waals surface area contributed by atoms with Gasteiger partial charge in [-0.05, 0) is 32.1 Å². The van der Waals surface area contributed by atoms with Gasteiger partial charge in [-0.1, -0.05) is 13.3 Å². The van der Waals surface area contributed by atoms with Crippen molar-refractivity contribution in [2.75, 3.05) is 13.2 Å². The van der Waals surface area contributed by atoms with Crippen LogP contribution < -0.4 is 5.32 Å². The summed E-state index contributed by atoms with van der Waals surface area (Å²) in [7, 11) is 0. The standard InChI is InChI=1S/C15H25NO4/c1-3-10-6-12(13(7-10)15(18)19)14(17)16-9(2)11-4-5-20-8-11/h9-13H,3-8H2,1-2H3,(H,16,17)(H,18,19)/t9?,10?,11?,12-,13+/m0/s1. The summed E-state index contributed by atoms with van der Waals surface area (Å²) < 4.78 is 5.33. The molecule has 2 fully saturated rings. The fourth-order valence-corrected chi connectivity index (χ4v) is 3.44. The van der Waals surface area contributed by atoms with Crippen LogP contribution in [0.4, 0.5) is 0 Å². The number of carboxylic acids is 1. The normalized spacial score (nSPS) is 34.9. The summed E-state index contributed by atoms with van der Waals surface area (Å²) in [6, 6.07) is 0.0557. The Morgan fingerprint density at radius 1 is 1.35 bits per heavy atom. The van der Waals surface area contributed by atoms with Gasteiger partial charge in [-0.2, -0.15) is 0 Å². The summed E-state index contributed by atoms with van der Waals surface area (Å²) in [4.78, 5) is 23.7. The number of carbonyl (C=O) groups is 2. The van der Waals surface area contributed by atoms with Gasteiger partial charge in [0.1, 0.15) is 0 Å². The molecule has 1 amide bonds. The Kier molecular flexibility index (Phi) is 5.02. The Bertz CT molecular complexity index is 365. The first-order chi connectivity index (χ1) is 9.52. The largest absolute Gasteiger partial charge is 0.481 e. The summed E-state index contributed by atoms with van der Waals surface area (Å²) in [6.45, 7) is 5.48. The summed E-state index contributed by atoms with van der Waals surface area (Å²) in [5.74, 6) is -1.11. The van der Waals surface area contributed by atoms with Crippen molar-refractivity contribution in [2.24, 2.45) is 23.7 Å². The summed E-state index contributed by atoms with van der Waals surface area (Å²) >= 11 is 0. The van der Waals surface area contributed by atoms with E-state index < -0.39 is 11.9 Å². The maximum atomic E-state index is 12.4. The third-order valence-electron chi connectivity index (χ3n) is 4.93. The van der Waals surface area contributed by atoms with Crippen LogP contribution in [0.3, 0.4) is 0 Å². The lowest BCUT2D eigenvalue weighted by atomic mass is 9.93. The molecule has 0 radical (unpaired) electrons. The van der Waals surface area contributed by atoms with Crippen LogP contribution in [-0.4, -0.2) is 36.2 Å². The van der Waals surface area contributed by atoms with Gasteiger partial charge in [0.2, 0.25) is 5.91 Å². The highest BCUT2D eigenvalue weighted by Crippen LogP contribution is 2.38. The van der Waals surface area contributed by atoms with E-state index in [-0.39, 0.29) is 17.9 Å². The maximum absolute atomic E-state index is 12.4. The number of carbonyl (C=O) groups excluding carboxylic acids is 1. The molecule has 0 aromatic rings. The summed E-state index contributed by atoms with van der Waals surface area (Å²) in [5.41, 5.74) is 0. The summed E-state index contributed by atoms with van der Waals surface area (Å²) in [5, 5.41) is 12.3. The predicted molar refractivity (Wildman–Crippen MR) is 74.2 cm³/mol. The van der Waals surface area contributed by atoms with Gasteiger partial charge in [0.05, 0.1) is 18.4 Å². The minimum atomic E-state index is -0.835. The number of nitrogens with one attached hydrogen (secondary N) is 1. The molecule has 5 nitrogen and oxygen atoms in total. The molecule has 114 valence electrons. The van der Waals surface area contributed by atoms with Crippen molar-refractivity contribution in [1.29, 1.82) is 0 Å². The molecule has 0 aromatic heterocycles. The predicted octanol–water partition coefficient (Wildman–Crippen LogP) is 1.66. The number of hydrogen-bond acceptors (Lipinski definition) is 3. The molecule has 3 unspecified atom stereocenters. The molecule has 0 spiro atoms. The first-order valence-electron chi connectivity index (χ1n) is 7.63. The number of rotatable bonds is 5. The van der Waals surface area contributed by atoms with Gasteiger partial charge >= 0.3 is 5.97 Å².